The Hall–Kier alpha value is -1.22. The molecule has 0 amide bonds. The average molecular weight is 204 g/mol. The molecule has 0 radical (unpaired) electrons. The summed E-state index contributed by atoms with van der Waals surface area (Å²) in [6.07, 6.45) is 3.92. The highest BCUT2D eigenvalue weighted by Crippen LogP contribution is 2.20. The van der Waals surface area contributed by atoms with Gasteiger partial charge in [-0.05, 0) is 25.3 Å². The Labute approximate surface area is 87.8 Å². The first-order valence-corrected chi connectivity index (χ1v) is 5.68. The van der Waals surface area contributed by atoms with E-state index in [1.807, 2.05) is 13.1 Å². The molecule has 2 nitrogen and oxygen atoms in total. The molecule has 1 aromatic heterocycles. The lowest BCUT2D eigenvalue weighted by molar-refractivity contribution is 1.25. The third-order valence-corrected chi connectivity index (χ3v) is 2.81. The number of thioether (sulfide) groups is 1. The van der Waals surface area contributed by atoms with E-state index in [4.69, 9.17) is 0 Å². The van der Waals surface area contributed by atoms with Crippen LogP contribution in [0, 0.1) is 6.92 Å². The summed E-state index contributed by atoms with van der Waals surface area (Å²) >= 11 is 1.75. The fourth-order valence-electron chi connectivity index (χ4n) is 1.31. The van der Waals surface area contributed by atoms with E-state index >= 15 is 0 Å². The van der Waals surface area contributed by atoms with Crippen molar-refractivity contribution in [3.8, 4) is 11.4 Å². The standard InChI is InChI=1S/C11H12N2S/c1-8-7-12-11(13-8)9-3-5-10(14-2)6-4-9/h3-7H,1-2H3,(H,12,13). The SMILES string of the molecule is CSc1ccc(-c2ncc(C)[nH]2)cc1. The number of hydrogen-bond donors (Lipinski definition) is 1. The zero-order chi connectivity index (χ0) is 9.97. The number of hydrogen-bond acceptors (Lipinski definition) is 2. The minimum absolute atomic E-state index is 0.940. The van der Waals surface area contributed by atoms with Gasteiger partial charge < -0.3 is 4.98 Å². The second kappa shape index (κ2) is 3.88. The van der Waals surface area contributed by atoms with Crippen LogP contribution in [0.3, 0.4) is 0 Å². The molecular formula is C11H12N2S. The Bertz CT molecular complexity index is 417. The number of aromatic nitrogens is 2. The number of nitrogens with zero attached hydrogens (tertiary/aromatic N) is 1. The molecule has 1 heterocycles. The van der Waals surface area contributed by atoms with Gasteiger partial charge in [-0.1, -0.05) is 12.1 Å². The number of aromatic amines is 1. The number of H-pyrrole nitrogens is 1. The van der Waals surface area contributed by atoms with Gasteiger partial charge >= 0.3 is 0 Å². The quantitative estimate of drug-likeness (QED) is 0.761. The monoisotopic (exact) mass is 204 g/mol. The van der Waals surface area contributed by atoms with Gasteiger partial charge in [0.2, 0.25) is 0 Å². The second-order valence-corrected chi connectivity index (χ2v) is 4.02. The van der Waals surface area contributed by atoms with E-state index < -0.39 is 0 Å². The molecule has 0 aliphatic carbocycles. The molecule has 1 aromatic carbocycles. The topological polar surface area (TPSA) is 28.7 Å². The summed E-state index contributed by atoms with van der Waals surface area (Å²) in [5.41, 5.74) is 2.23. The van der Waals surface area contributed by atoms with Gasteiger partial charge in [0.1, 0.15) is 5.82 Å². The zero-order valence-corrected chi connectivity index (χ0v) is 9.06. The number of imidazole rings is 1. The van der Waals surface area contributed by atoms with Crippen LogP contribution in [0.1, 0.15) is 5.69 Å². The van der Waals surface area contributed by atoms with E-state index in [0.717, 1.165) is 17.1 Å². The van der Waals surface area contributed by atoms with Crippen molar-refractivity contribution < 1.29 is 0 Å². The third kappa shape index (κ3) is 1.82. The van der Waals surface area contributed by atoms with Crippen LogP contribution < -0.4 is 0 Å². The van der Waals surface area contributed by atoms with Crippen molar-refractivity contribution in [1.29, 1.82) is 0 Å². The van der Waals surface area contributed by atoms with Crippen LogP contribution in [-0.2, 0) is 0 Å². The van der Waals surface area contributed by atoms with E-state index in [2.05, 4.69) is 40.5 Å². The molecule has 0 saturated carbocycles. The molecule has 0 saturated heterocycles. The lowest BCUT2D eigenvalue weighted by atomic mass is 10.2. The van der Waals surface area contributed by atoms with Crippen LogP contribution in [0.15, 0.2) is 35.4 Å². The predicted octanol–water partition coefficient (Wildman–Crippen LogP) is 3.11. The van der Waals surface area contributed by atoms with Crippen molar-refractivity contribution >= 4 is 11.8 Å². The minimum Gasteiger partial charge on any atom is -0.342 e. The van der Waals surface area contributed by atoms with E-state index in [1.165, 1.54) is 4.90 Å². The molecule has 1 N–H and O–H groups in total. The maximum absolute atomic E-state index is 4.28. The van der Waals surface area contributed by atoms with Crippen LogP contribution in [0.25, 0.3) is 11.4 Å². The second-order valence-electron chi connectivity index (χ2n) is 3.14. The van der Waals surface area contributed by atoms with E-state index in [9.17, 15) is 0 Å². The summed E-state index contributed by atoms with van der Waals surface area (Å²) in [5.74, 6) is 0.940. The van der Waals surface area contributed by atoms with Gasteiger partial charge in [0.05, 0.1) is 0 Å². The van der Waals surface area contributed by atoms with Crippen molar-refractivity contribution in [2.45, 2.75) is 11.8 Å². The molecular weight excluding hydrogens is 192 g/mol. The maximum atomic E-state index is 4.28. The summed E-state index contributed by atoms with van der Waals surface area (Å²) < 4.78 is 0. The molecule has 0 spiro atoms. The molecule has 2 rings (SSSR count). The van der Waals surface area contributed by atoms with Crippen molar-refractivity contribution in [1.82, 2.24) is 9.97 Å². The molecule has 3 heteroatoms. The largest absolute Gasteiger partial charge is 0.342 e. The van der Waals surface area contributed by atoms with Gasteiger partial charge in [-0.2, -0.15) is 0 Å². The summed E-state index contributed by atoms with van der Waals surface area (Å²) in [6, 6.07) is 8.39. The van der Waals surface area contributed by atoms with Gasteiger partial charge in [-0.3, -0.25) is 0 Å². The molecule has 72 valence electrons. The van der Waals surface area contributed by atoms with E-state index in [0.29, 0.717) is 0 Å². The van der Waals surface area contributed by atoms with Crippen molar-refractivity contribution in [3.05, 3.63) is 36.2 Å². The van der Waals surface area contributed by atoms with Crippen LogP contribution in [0.5, 0.6) is 0 Å². The van der Waals surface area contributed by atoms with E-state index in [1.54, 1.807) is 11.8 Å². The summed E-state index contributed by atoms with van der Waals surface area (Å²) in [4.78, 5) is 8.77. The Morgan fingerprint density at radius 1 is 1.21 bits per heavy atom. The first-order valence-electron chi connectivity index (χ1n) is 4.45. The average Bonchev–Trinajstić information content (AvgIpc) is 2.65. The Morgan fingerprint density at radius 2 is 1.93 bits per heavy atom. The fraction of sp³-hybridized carbons (Fsp3) is 0.182. The normalized spacial score (nSPS) is 10.4. The molecule has 2 aromatic rings. The van der Waals surface area contributed by atoms with Gasteiger partial charge in [0, 0.05) is 22.3 Å². The smallest absolute Gasteiger partial charge is 0.137 e. The van der Waals surface area contributed by atoms with Crippen molar-refractivity contribution in [2.24, 2.45) is 0 Å². The van der Waals surface area contributed by atoms with Crippen molar-refractivity contribution in [2.75, 3.05) is 6.26 Å². The van der Waals surface area contributed by atoms with Gasteiger partial charge in [-0.15, -0.1) is 11.8 Å². The Kier molecular flexibility index (Phi) is 2.59. The highest BCUT2D eigenvalue weighted by atomic mass is 32.2. The lowest BCUT2D eigenvalue weighted by Crippen LogP contribution is -1.80. The molecule has 0 aliphatic heterocycles. The maximum Gasteiger partial charge on any atom is 0.137 e. The Balaban J connectivity index is 2.33. The zero-order valence-electron chi connectivity index (χ0n) is 8.24. The van der Waals surface area contributed by atoms with Crippen LogP contribution in [0.4, 0.5) is 0 Å². The number of benzene rings is 1. The minimum atomic E-state index is 0.940. The first-order chi connectivity index (χ1) is 6.79. The fourth-order valence-corrected chi connectivity index (χ4v) is 1.72. The number of nitrogens with one attached hydrogen (secondary N) is 1. The molecule has 0 fully saturated rings. The molecule has 0 bridgehead atoms. The lowest BCUT2D eigenvalue weighted by Gasteiger charge is -1.98. The summed E-state index contributed by atoms with van der Waals surface area (Å²) in [7, 11) is 0. The molecule has 14 heavy (non-hydrogen) atoms. The predicted molar refractivity (Wildman–Crippen MR) is 60.5 cm³/mol. The van der Waals surface area contributed by atoms with Crippen LogP contribution in [-0.4, -0.2) is 16.2 Å². The molecule has 0 unspecified atom stereocenters. The first kappa shape index (κ1) is 9.34. The molecule has 0 aliphatic rings. The third-order valence-electron chi connectivity index (χ3n) is 2.07. The van der Waals surface area contributed by atoms with E-state index in [-0.39, 0.29) is 0 Å². The molecule has 0 atom stereocenters. The summed E-state index contributed by atoms with van der Waals surface area (Å²) in [6.45, 7) is 2.01. The van der Waals surface area contributed by atoms with Crippen molar-refractivity contribution in [3.63, 3.8) is 0 Å². The van der Waals surface area contributed by atoms with Gasteiger partial charge in [0.25, 0.3) is 0 Å². The van der Waals surface area contributed by atoms with Crippen LogP contribution in [0.2, 0.25) is 0 Å². The Morgan fingerprint density at radius 3 is 2.43 bits per heavy atom. The van der Waals surface area contributed by atoms with Gasteiger partial charge in [0.15, 0.2) is 0 Å². The van der Waals surface area contributed by atoms with Crippen LogP contribution >= 0.6 is 11.8 Å². The highest BCUT2D eigenvalue weighted by molar-refractivity contribution is 7.98. The number of rotatable bonds is 2. The summed E-state index contributed by atoms with van der Waals surface area (Å²) in [5, 5.41) is 0. The highest BCUT2D eigenvalue weighted by Gasteiger charge is 2.00. The number of aryl methyl sites for hydroxylation is 1. The van der Waals surface area contributed by atoms with Gasteiger partial charge in [-0.25, -0.2) is 4.98 Å².